The Hall–Kier alpha value is -0.480. The molecular weight excluding hydrogens is 266 g/mol. The molecule has 88 valence electrons. The molecule has 2 unspecified atom stereocenters. The molecule has 0 N–H and O–H groups in total. The van der Waals surface area contributed by atoms with Gasteiger partial charge in [-0.3, -0.25) is 4.90 Å². The third-order valence-corrected chi connectivity index (χ3v) is 4.29. The van der Waals surface area contributed by atoms with E-state index in [0.717, 1.165) is 12.4 Å². The van der Waals surface area contributed by atoms with Gasteiger partial charge in [-0.1, -0.05) is 28.8 Å². The van der Waals surface area contributed by atoms with Gasteiger partial charge >= 0.3 is 0 Å². The Kier molecular flexibility index (Phi) is 4.29. The van der Waals surface area contributed by atoms with Crippen molar-refractivity contribution in [3.63, 3.8) is 0 Å². The Bertz CT molecular complexity index is 317. The number of hydrogen-bond donors (Lipinski definition) is 0. The molecule has 4 heteroatoms. The summed E-state index contributed by atoms with van der Waals surface area (Å²) >= 11 is 3.79. The van der Waals surface area contributed by atoms with Crippen LogP contribution in [0.1, 0.15) is 31.5 Å². The summed E-state index contributed by atoms with van der Waals surface area (Å²) in [6.45, 7) is 0.841. The van der Waals surface area contributed by atoms with E-state index in [1.54, 1.807) is 0 Å². The molecule has 1 aliphatic carbocycles. The molecule has 16 heavy (non-hydrogen) atoms. The highest BCUT2D eigenvalue weighted by atomic mass is 79.9. The minimum atomic E-state index is 0.620. The third kappa shape index (κ3) is 3.01. The van der Waals surface area contributed by atoms with Crippen LogP contribution in [0.5, 0.6) is 0 Å². The fourth-order valence-corrected chi connectivity index (χ4v) is 3.31. The number of rotatable bonds is 3. The second kappa shape index (κ2) is 5.73. The lowest BCUT2D eigenvalue weighted by molar-refractivity contribution is 0.189. The van der Waals surface area contributed by atoms with Crippen molar-refractivity contribution in [1.29, 1.82) is 0 Å². The summed E-state index contributed by atoms with van der Waals surface area (Å²) in [5.41, 5.74) is 0. The molecule has 2 rings (SSSR count). The molecule has 3 nitrogen and oxygen atoms in total. The van der Waals surface area contributed by atoms with Gasteiger partial charge in [-0.05, 0) is 26.0 Å². The standard InChI is InChI=1S/C12H18BrN3/c1-16(9-12-14-7-4-8-15-12)11-6-3-2-5-10(11)13/h4,7-8,10-11H,2-3,5-6,9H2,1H3. The van der Waals surface area contributed by atoms with Crippen LogP contribution in [0.2, 0.25) is 0 Å². The zero-order valence-electron chi connectivity index (χ0n) is 9.64. The lowest BCUT2D eigenvalue weighted by atomic mass is 9.94. The Labute approximate surface area is 105 Å². The molecule has 1 aromatic rings. The zero-order chi connectivity index (χ0) is 11.4. The lowest BCUT2D eigenvalue weighted by Crippen LogP contribution is -2.40. The topological polar surface area (TPSA) is 29.0 Å². The molecule has 1 fully saturated rings. The summed E-state index contributed by atoms with van der Waals surface area (Å²) in [4.78, 5) is 11.5. The quantitative estimate of drug-likeness (QED) is 0.799. The van der Waals surface area contributed by atoms with Crippen LogP contribution >= 0.6 is 15.9 Å². The first-order valence-electron chi connectivity index (χ1n) is 5.87. The second-order valence-corrected chi connectivity index (χ2v) is 5.62. The molecule has 0 aliphatic heterocycles. The third-order valence-electron chi connectivity index (χ3n) is 3.22. The molecule has 0 amide bonds. The van der Waals surface area contributed by atoms with Gasteiger partial charge < -0.3 is 0 Å². The maximum absolute atomic E-state index is 4.27. The summed E-state index contributed by atoms with van der Waals surface area (Å²) in [7, 11) is 2.17. The zero-order valence-corrected chi connectivity index (χ0v) is 11.2. The van der Waals surface area contributed by atoms with Gasteiger partial charge in [0.1, 0.15) is 5.82 Å². The monoisotopic (exact) mass is 283 g/mol. The van der Waals surface area contributed by atoms with Crippen molar-refractivity contribution in [2.45, 2.75) is 43.1 Å². The SMILES string of the molecule is CN(Cc1ncccn1)C1CCCCC1Br. The Morgan fingerprint density at radius 2 is 2.00 bits per heavy atom. The van der Waals surface area contributed by atoms with Crippen LogP contribution in [0.4, 0.5) is 0 Å². The first-order chi connectivity index (χ1) is 7.77. The molecule has 0 spiro atoms. The van der Waals surface area contributed by atoms with Gasteiger partial charge in [0, 0.05) is 23.3 Å². The number of alkyl halides is 1. The number of nitrogens with zero attached hydrogens (tertiary/aromatic N) is 3. The first-order valence-corrected chi connectivity index (χ1v) is 6.79. The van der Waals surface area contributed by atoms with Crippen molar-refractivity contribution in [3.05, 3.63) is 24.3 Å². The van der Waals surface area contributed by atoms with E-state index in [2.05, 4.69) is 37.8 Å². The Morgan fingerprint density at radius 3 is 2.69 bits per heavy atom. The largest absolute Gasteiger partial charge is 0.295 e. The van der Waals surface area contributed by atoms with Crippen molar-refractivity contribution in [1.82, 2.24) is 14.9 Å². The van der Waals surface area contributed by atoms with Gasteiger partial charge in [-0.25, -0.2) is 9.97 Å². The van der Waals surface area contributed by atoms with Gasteiger partial charge in [0.25, 0.3) is 0 Å². The van der Waals surface area contributed by atoms with Crippen LogP contribution in [0.3, 0.4) is 0 Å². The van der Waals surface area contributed by atoms with Crippen LogP contribution in [-0.2, 0) is 6.54 Å². The molecule has 2 atom stereocenters. The molecule has 1 saturated carbocycles. The van der Waals surface area contributed by atoms with E-state index in [-0.39, 0.29) is 0 Å². The van der Waals surface area contributed by atoms with Crippen LogP contribution < -0.4 is 0 Å². The molecular formula is C12H18BrN3. The fraction of sp³-hybridized carbons (Fsp3) is 0.667. The van der Waals surface area contributed by atoms with Crippen molar-refractivity contribution in [2.24, 2.45) is 0 Å². The molecule has 1 aromatic heterocycles. The molecule has 0 aromatic carbocycles. The molecule has 0 bridgehead atoms. The van der Waals surface area contributed by atoms with Crippen molar-refractivity contribution >= 4 is 15.9 Å². The van der Waals surface area contributed by atoms with Crippen LogP contribution in [0, 0.1) is 0 Å². The van der Waals surface area contributed by atoms with Gasteiger partial charge in [-0.15, -0.1) is 0 Å². The van der Waals surface area contributed by atoms with Crippen LogP contribution in [0.15, 0.2) is 18.5 Å². The van der Waals surface area contributed by atoms with Crippen molar-refractivity contribution in [2.75, 3.05) is 7.05 Å². The number of hydrogen-bond acceptors (Lipinski definition) is 3. The first kappa shape index (κ1) is 12.0. The minimum Gasteiger partial charge on any atom is -0.295 e. The Balaban J connectivity index is 1.94. The van der Waals surface area contributed by atoms with Crippen LogP contribution in [-0.4, -0.2) is 32.8 Å². The maximum Gasteiger partial charge on any atom is 0.142 e. The van der Waals surface area contributed by atoms with Gasteiger partial charge in [0.05, 0.1) is 6.54 Å². The maximum atomic E-state index is 4.27. The second-order valence-electron chi connectivity index (χ2n) is 4.45. The van der Waals surface area contributed by atoms with Gasteiger partial charge in [0.2, 0.25) is 0 Å². The molecule has 1 aliphatic rings. The molecule has 0 saturated heterocycles. The van der Waals surface area contributed by atoms with E-state index in [4.69, 9.17) is 0 Å². The summed E-state index contributed by atoms with van der Waals surface area (Å²) in [5.74, 6) is 0.912. The highest BCUT2D eigenvalue weighted by Crippen LogP contribution is 2.28. The lowest BCUT2D eigenvalue weighted by Gasteiger charge is -2.34. The van der Waals surface area contributed by atoms with E-state index < -0.39 is 0 Å². The Morgan fingerprint density at radius 1 is 1.31 bits per heavy atom. The average molecular weight is 284 g/mol. The van der Waals surface area contributed by atoms with Crippen LogP contribution in [0.25, 0.3) is 0 Å². The summed E-state index contributed by atoms with van der Waals surface area (Å²) in [6.07, 6.45) is 8.87. The summed E-state index contributed by atoms with van der Waals surface area (Å²) in [6, 6.07) is 2.48. The molecule has 1 heterocycles. The van der Waals surface area contributed by atoms with Gasteiger partial charge in [-0.2, -0.15) is 0 Å². The smallest absolute Gasteiger partial charge is 0.142 e. The highest BCUT2D eigenvalue weighted by Gasteiger charge is 2.26. The predicted octanol–water partition coefficient (Wildman–Crippen LogP) is 2.61. The highest BCUT2D eigenvalue weighted by molar-refractivity contribution is 9.09. The van der Waals surface area contributed by atoms with E-state index in [1.807, 2.05) is 18.5 Å². The van der Waals surface area contributed by atoms with Crippen molar-refractivity contribution in [3.8, 4) is 0 Å². The normalized spacial score (nSPS) is 25.9. The summed E-state index contributed by atoms with van der Waals surface area (Å²) in [5, 5.41) is 0. The fourth-order valence-electron chi connectivity index (χ4n) is 2.31. The minimum absolute atomic E-state index is 0.620. The average Bonchev–Trinajstić information content (AvgIpc) is 2.31. The molecule has 0 radical (unpaired) electrons. The van der Waals surface area contributed by atoms with Gasteiger partial charge in [0.15, 0.2) is 0 Å². The van der Waals surface area contributed by atoms with E-state index in [1.165, 1.54) is 25.7 Å². The van der Waals surface area contributed by atoms with E-state index in [9.17, 15) is 0 Å². The number of halogens is 1. The summed E-state index contributed by atoms with van der Waals surface area (Å²) < 4.78 is 0. The number of aromatic nitrogens is 2. The van der Waals surface area contributed by atoms with E-state index in [0.29, 0.717) is 10.9 Å². The predicted molar refractivity (Wildman–Crippen MR) is 68.5 cm³/mol. The van der Waals surface area contributed by atoms with Crippen molar-refractivity contribution < 1.29 is 0 Å². The van der Waals surface area contributed by atoms with E-state index >= 15 is 0 Å².